The first-order valence-corrected chi connectivity index (χ1v) is 6.43. The van der Waals surface area contributed by atoms with Crippen LogP contribution in [-0.2, 0) is 0 Å². The van der Waals surface area contributed by atoms with E-state index in [2.05, 4.69) is 20.6 Å². The number of hydrogen-bond donors (Lipinski definition) is 4. The zero-order valence-corrected chi connectivity index (χ0v) is 11.1. The Balaban J connectivity index is 2.45. The minimum absolute atomic E-state index is 0.153. The zero-order chi connectivity index (χ0) is 13.1. The number of aromatic nitrogens is 2. The highest BCUT2D eigenvalue weighted by Crippen LogP contribution is 2.29. The summed E-state index contributed by atoms with van der Waals surface area (Å²) in [6.45, 7) is 1.70. The van der Waals surface area contributed by atoms with Gasteiger partial charge in [0.1, 0.15) is 10.6 Å². The van der Waals surface area contributed by atoms with Crippen LogP contribution >= 0.6 is 11.3 Å². The lowest BCUT2D eigenvalue weighted by molar-refractivity contribution is 0.203. The van der Waals surface area contributed by atoms with Gasteiger partial charge < -0.3 is 20.8 Å². The third-order valence-corrected chi connectivity index (χ3v) is 3.47. The van der Waals surface area contributed by atoms with E-state index in [0.29, 0.717) is 11.8 Å². The largest absolute Gasteiger partial charge is 0.394 e. The summed E-state index contributed by atoms with van der Waals surface area (Å²) in [6.07, 6.45) is 0. The van der Waals surface area contributed by atoms with E-state index >= 15 is 0 Å². The van der Waals surface area contributed by atoms with Gasteiger partial charge in [0.25, 0.3) is 0 Å². The van der Waals surface area contributed by atoms with Gasteiger partial charge in [0.2, 0.25) is 5.95 Å². The van der Waals surface area contributed by atoms with Crippen LogP contribution in [-0.4, -0.2) is 46.5 Å². The second-order valence-corrected chi connectivity index (χ2v) is 5.16. The number of nitrogens with zero attached hydrogens (tertiary/aromatic N) is 2. The van der Waals surface area contributed by atoms with Gasteiger partial charge in [0.05, 0.1) is 24.6 Å². The van der Waals surface area contributed by atoms with E-state index in [1.54, 1.807) is 18.4 Å². The monoisotopic (exact) mass is 268 g/mol. The fourth-order valence-corrected chi connectivity index (χ4v) is 2.49. The van der Waals surface area contributed by atoms with Crippen LogP contribution < -0.4 is 10.6 Å². The molecule has 0 saturated carbocycles. The van der Waals surface area contributed by atoms with Gasteiger partial charge in [0.15, 0.2) is 0 Å². The van der Waals surface area contributed by atoms with E-state index in [9.17, 15) is 0 Å². The molecule has 2 aromatic rings. The zero-order valence-electron chi connectivity index (χ0n) is 10.3. The molecule has 7 heteroatoms. The Morgan fingerprint density at radius 2 is 2.06 bits per heavy atom. The maximum absolute atomic E-state index is 9.11. The van der Waals surface area contributed by atoms with Gasteiger partial charge in [0, 0.05) is 11.9 Å². The van der Waals surface area contributed by atoms with Crippen LogP contribution in [0.3, 0.4) is 0 Å². The molecule has 0 aliphatic carbocycles. The predicted molar refractivity (Wildman–Crippen MR) is 73.3 cm³/mol. The highest BCUT2D eigenvalue weighted by atomic mass is 32.1. The summed E-state index contributed by atoms with van der Waals surface area (Å²) in [5.74, 6) is 1.14. The molecule has 0 unspecified atom stereocenters. The summed E-state index contributed by atoms with van der Waals surface area (Å²) >= 11 is 1.58. The second-order valence-electron chi connectivity index (χ2n) is 3.93. The maximum Gasteiger partial charge on any atom is 0.225 e. The van der Waals surface area contributed by atoms with E-state index in [1.165, 1.54) is 0 Å². The van der Waals surface area contributed by atoms with Crippen molar-refractivity contribution >= 4 is 33.3 Å². The summed E-state index contributed by atoms with van der Waals surface area (Å²) < 4.78 is 0. The Kier molecular flexibility index (Phi) is 3.95. The molecular weight excluding hydrogens is 252 g/mol. The quantitative estimate of drug-likeness (QED) is 0.641. The normalized spacial score (nSPS) is 11.2. The molecule has 18 heavy (non-hydrogen) atoms. The van der Waals surface area contributed by atoms with Gasteiger partial charge in [-0.15, -0.1) is 11.3 Å². The van der Waals surface area contributed by atoms with Gasteiger partial charge in [-0.2, -0.15) is 4.98 Å². The maximum atomic E-state index is 9.11. The number of aryl methyl sites for hydroxylation is 1. The Morgan fingerprint density at radius 3 is 2.67 bits per heavy atom. The fraction of sp³-hybridized carbons (Fsp3) is 0.455. The SMILES string of the molecule is CNc1nc(NC(CO)CO)c2cc(C)sc2n1. The second kappa shape index (κ2) is 5.47. The topological polar surface area (TPSA) is 90.3 Å². The molecule has 6 nitrogen and oxygen atoms in total. The number of aliphatic hydroxyl groups excluding tert-OH is 2. The Hall–Kier alpha value is -1.44. The minimum atomic E-state index is -0.423. The number of anilines is 2. The minimum Gasteiger partial charge on any atom is -0.394 e. The number of rotatable bonds is 5. The average molecular weight is 268 g/mol. The molecule has 0 radical (unpaired) electrons. The van der Waals surface area contributed by atoms with Gasteiger partial charge in [-0.1, -0.05) is 0 Å². The molecule has 0 amide bonds. The van der Waals surface area contributed by atoms with Gasteiger partial charge in [-0.3, -0.25) is 0 Å². The smallest absolute Gasteiger partial charge is 0.225 e. The molecule has 98 valence electrons. The molecule has 2 heterocycles. The highest BCUT2D eigenvalue weighted by Gasteiger charge is 2.13. The van der Waals surface area contributed by atoms with Crippen LogP contribution in [0.1, 0.15) is 4.88 Å². The first-order valence-electron chi connectivity index (χ1n) is 5.62. The Morgan fingerprint density at radius 1 is 1.33 bits per heavy atom. The summed E-state index contributed by atoms with van der Waals surface area (Å²) in [7, 11) is 1.75. The van der Waals surface area contributed by atoms with Gasteiger partial charge in [-0.25, -0.2) is 4.98 Å². The fourth-order valence-electron chi connectivity index (χ4n) is 1.61. The van der Waals surface area contributed by atoms with Crippen LogP contribution in [0, 0.1) is 6.92 Å². The van der Waals surface area contributed by atoms with Gasteiger partial charge in [-0.05, 0) is 13.0 Å². The average Bonchev–Trinajstić information content (AvgIpc) is 2.75. The number of aliphatic hydroxyl groups is 2. The summed E-state index contributed by atoms with van der Waals surface area (Å²) in [4.78, 5) is 10.7. The van der Waals surface area contributed by atoms with Crippen molar-refractivity contribution in [1.29, 1.82) is 0 Å². The number of hydrogen-bond acceptors (Lipinski definition) is 7. The molecule has 4 N–H and O–H groups in total. The molecule has 0 aliphatic rings. The first-order chi connectivity index (χ1) is 8.67. The van der Waals surface area contributed by atoms with Crippen molar-refractivity contribution in [1.82, 2.24) is 9.97 Å². The van der Waals surface area contributed by atoms with Crippen molar-refractivity contribution in [2.45, 2.75) is 13.0 Å². The molecule has 0 bridgehead atoms. The Labute approximate surface area is 109 Å². The molecular formula is C11H16N4O2S. The van der Waals surface area contributed by atoms with E-state index < -0.39 is 6.04 Å². The highest BCUT2D eigenvalue weighted by molar-refractivity contribution is 7.18. The van der Waals surface area contributed by atoms with Crippen molar-refractivity contribution in [3.63, 3.8) is 0 Å². The van der Waals surface area contributed by atoms with Crippen molar-refractivity contribution in [3.05, 3.63) is 10.9 Å². The molecule has 2 rings (SSSR count). The van der Waals surface area contributed by atoms with E-state index in [4.69, 9.17) is 10.2 Å². The van der Waals surface area contributed by atoms with Crippen molar-refractivity contribution in [3.8, 4) is 0 Å². The summed E-state index contributed by atoms with van der Waals surface area (Å²) in [5.41, 5.74) is 0. The number of thiophene rings is 1. The Bertz CT molecular complexity index is 539. The predicted octanol–water partition coefficient (Wildman–Crippen LogP) is 0.807. The molecule has 0 spiro atoms. The lowest BCUT2D eigenvalue weighted by Gasteiger charge is -2.15. The third kappa shape index (κ3) is 2.53. The summed E-state index contributed by atoms with van der Waals surface area (Å²) in [5, 5.41) is 25.1. The lowest BCUT2D eigenvalue weighted by atomic mass is 10.3. The van der Waals surface area contributed by atoms with Gasteiger partial charge >= 0.3 is 0 Å². The van der Waals surface area contributed by atoms with Crippen molar-refractivity contribution in [2.75, 3.05) is 30.9 Å². The summed E-state index contributed by atoms with van der Waals surface area (Å²) in [6, 6.07) is 1.57. The van der Waals surface area contributed by atoms with E-state index in [0.717, 1.165) is 15.1 Å². The number of fused-ring (bicyclic) bond motifs is 1. The van der Waals surface area contributed by atoms with Crippen molar-refractivity contribution < 1.29 is 10.2 Å². The standard InChI is InChI=1S/C11H16N4O2S/c1-6-3-8-9(13-7(4-16)5-17)14-11(12-2)15-10(8)18-6/h3,7,16-17H,4-5H2,1-2H3,(H2,12,13,14,15). The molecule has 0 aliphatic heterocycles. The van der Waals surface area contributed by atoms with Crippen LogP contribution in [0.25, 0.3) is 10.2 Å². The molecule has 0 saturated heterocycles. The lowest BCUT2D eigenvalue weighted by Crippen LogP contribution is -2.28. The van der Waals surface area contributed by atoms with Crippen LogP contribution in [0.2, 0.25) is 0 Å². The van der Waals surface area contributed by atoms with Crippen LogP contribution in [0.5, 0.6) is 0 Å². The molecule has 0 fully saturated rings. The van der Waals surface area contributed by atoms with Crippen molar-refractivity contribution in [2.24, 2.45) is 0 Å². The van der Waals surface area contributed by atoms with Crippen LogP contribution in [0.15, 0.2) is 6.07 Å². The number of nitrogens with one attached hydrogen (secondary N) is 2. The van der Waals surface area contributed by atoms with E-state index in [1.807, 2.05) is 13.0 Å². The third-order valence-electron chi connectivity index (χ3n) is 2.52. The molecule has 2 aromatic heterocycles. The molecule has 0 aromatic carbocycles. The molecule has 0 atom stereocenters. The van der Waals surface area contributed by atoms with E-state index in [-0.39, 0.29) is 13.2 Å². The van der Waals surface area contributed by atoms with Crippen LogP contribution in [0.4, 0.5) is 11.8 Å². The first kappa shape index (κ1) is 13.0.